The van der Waals surface area contributed by atoms with Crippen LogP contribution in [0.4, 0.5) is 5.69 Å². The number of nitrogens with zero attached hydrogens (tertiary/aromatic N) is 3. The fourth-order valence-corrected chi connectivity index (χ4v) is 3.95. The van der Waals surface area contributed by atoms with Gasteiger partial charge in [0.1, 0.15) is 18.9 Å². The summed E-state index contributed by atoms with van der Waals surface area (Å²) < 4.78 is 1.30. The molecule has 122 valence electrons. The molecular weight excluding hydrogens is 316 g/mol. The number of hydrogen-bond donors (Lipinski definition) is 1. The van der Waals surface area contributed by atoms with E-state index < -0.39 is 4.92 Å². The lowest BCUT2D eigenvalue weighted by Crippen LogP contribution is -2.34. The molecule has 1 saturated carbocycles. The molecule has 1 N–H and O–H groups in total. The molecule has 1 unspecified atom stereocenters. The number of nitrogens with one attached hydrogen (secondary N) is 1. The second kappa shape index (κ2) is 6.91. The third-order valence-electron chi connectivity index (χ3n) is 4.17. The van der Waals surface area contributed by atoms with Gasteiger partial charge < -0.3 is 5.32 Å². The van der Waals surface area contributed by atoms with E-state index in [0.717, 1.165) is 23.9 Å². The molecule has 1 aliphatic carbocycles. The Balaban J connectivity index is 1.66. The van der Waals surface area contributed by atoms with E-state index in [1.807, 2.05) is 17.5 Å². The predicted octanol–water partition coefficient (Wildman–Crippen LogP) is 2.90. The first-order chi connectivity index (χ1) is 11.1. The maximum atomic E-state index is 12.3. The molecule has 1 fully saturated rings. The van der Waals surface area contributed by atoms with Crippen LogP contribution in [-0.2, 0) is 11.3 Å². The molecule has 7 nitrogen and oxygen atoms in total. The fraction of sp³-hybridized carbons (Fsp3) is 0.467. The Hall–Kier alpha value is -2.22. The van der Waals surface area contributed by atoms with E-state index in [2.05, 4.69) is 10.4 Å². The molecule has 0 radical (unpaired) electrons. The summed E-state index contributed by atoms with van der Waals surface area (Å²) in [6.07, 6.45) is 7.07. The minimum atomic E-state index is -0.519. The number of amides is 1. The second-order valence-corrected chi connectivity index (χ2v) is 6.74. The van der Waals surface area contributed by atoms with Crippen molar-refractivity contribution in [3.05, 3.63) is 44.9 Å². The third kappa shape index (κ3) is 3.76. The summed E-state index contributed by atoms with van der Waals surface area (Å²) in [7, 11) is 0. The Bertz CT molecular complexity index is 677. The zero-order valence-corrected chi connectivity index (χ0v) is 13.4. The number of aromatic nitrogens is 2. The van der Waals surface area contributed by atoms with Crippen molar-refractivity contribution in [1.82, 2.24) is 15.1 Å². The quantitative estimate of drug-likeness (QED) is 0.649. The van der Waals surface area contributed by atoms with Crippen LogP contribution in [0.3, 0.4) is 0 Å². The molecule has 2 aromatic rings. The van der Waals surface area contributed by atoms with Gasteiger partial charge in [-0.1, -0.05) is 18.9 Å². The summed E-state index contributed by atoms with van der Waals surface area (Å²) in [5.74, 6) is 0.290. The summed E-state index contributed by atoms with van der Waals surface area (Å²) in [6.45, 7) is -0.0115. The molecule has 0 aromatic carbocycles. The highest BCUT2D eigenvalue weighted by atomic mass is 32.1. The van der Waals surface area contributed by atoms with Crippen LogP contribution in [-0.4, -0.2) is 20.6 Å². The molecule has 0 spiro atoms. The predicted molar refractivity (Wildman–Crippen MR) is 86.0 cm³/mol. The molecule has 8 heteroatoms. The van der Waals surface area contributed by atoms with Crippen LogP contribution in [0.1, 0.15) is 36.6 Å². The standard InChI is InChI=1S/C15H18N4O3S/c20-14(10-18-9-12(8-16-18)19(21)22)17-15(11-4-1-2-5-11)13-6-3-7-23-13/h3,6-9,11,15H,1-2,4-5,10H2,(H,17,20). The molecule has 0 bridgehead atoms. The second-order valence-electron chi connectivity index (χ2n) is 5.76. The summed E-state index contributed by atoms with van der Waals surface area (Å²) >= 11 is 1.65. The van der Waals surface area contributed by atoms with E-state index in [1.165, 1.54) is 23.7 Å². The topological polar surface area (TPSA) is 90.1 Å². The SMILES string of the molecule is O=C(Cn1cc([N+](=O)[O-])cn1)NC(c1cccs1)C1CCCC1. The van der Waals surface area contributed by atoms with Gasteiger partial charge in [0.25, 0.3) is 0 Å². The number of carbonyl (C=O) groups excluding carboxylic acids is 1. The molecule has 0 aliphatic heterocycles. The van der Waals surface area contributed by atoms with Crippen LogP contribution in [0.15, 0.2) is 29.9 Å². The van der Waals surface area contributed by atoms with Gasteiger partial charge in [-0.2, -0.15) is 5.10 Å². The van der Waals surface area contributed by atoms with Crippen molar-refractivity contribution in [3.8, 4) is 0 Å². The molecule has 3 rings (SSSR count). The number of rotatable bonds is 6. The van der Waals surface area contributed by atoms with E-state index in [4.69, 9.17) is 0 Å². The van der Waals surface area contributed by atoms with Crippen molar-refractivity contribution in [2.24, 2.45) is 5.92 Å². The van der Waals surface area contributed by atoms with Crippen LogP contribution in [0.5, 0.6) is 0 Å². The Labute approximate surface area is 137 Å². The van der Waals surface area contributed by atoms with Gasteiger partial charge in [-0.3, -0.25) is 19.6 Å². The van der Waals surface area contributed by atoms with E-state index in [1.54, 1.807) is 11.3 Å². The minimum absolute atomic E-state index is 0.0115. The fourth-order valence-electron chi connectivity index (χ4n) is 3.08. The smallest absolute Gasteiger partial charge is 0.307 e. The number of hydrogen-bond acceptors (Lipinski definition) is 5. The number of nitro groups is 1. The molecule has 1 atom stereocenters. The Morgan fingerprint density at radius 2 is 2.30 bits per heavy atom. The van der Waals surface area contributed by atoms with Crippen molar-refractivity contribution in [3.63, 3.8) is 0 Å². The lowest BCUT2D eigenvalue weighted by Gasteiger charge is -2.23. The van der Waals surface area contributed by atoms with E-state index in [-0.39, 0.29) is 24.2 Å². The molecule has 1 amide bonds. The van der Waals surface area contributed by atoms with Gasteiger partial charge in [-0.15, -0.1) is 11.3 Å². The average molecular weight is 334 g/mol. The molecule has 23 heavy (non-hydrogen) atoms. The zero-order valence-electron chi connectivity index (χ0n) is 12.6. The Morgan fingerprint density at radius 1 is 1.52 bits per heavy atom. The van der Waals surface area contributed by atoms with Crippen LogP contribution >= 0.6 is 11.3 Å². The highest BCUT2D eigenvalue weighted by Gasteiger charge is 2.28. The van der Waals surface area contributed by atoms with Crippen molar-refractivity contribution < 1.29 is 9.72 Å². The molecule has 0 saturated heterocycles. The summed E-state index contributed by atoms with van der Waals surface area (Å²) in [4.78, 5) is 23.6. The average Bonchev–Trinajstić information content (AvgIpc) is 3.26. The number of thiophene rings is 1. The highest BCUT2D eigenvalue weighted by Crippen LogP contribution is 2.37. The maximum Gasteiger partial charge on any atom is 0.307 e. The third-order valence-corrected chi connectivity index (χ3v) is 5.13. The number of carbonyl (C=O) groups is 1. The van der Waals surface area contributed by atoms with Crippen molar-refractivity contribution in [1.29, 1.82) is 0 Å². The first kappa shape index (κ1) is 15.7. The largest absolute Gasteiger partial charge is 0.347 e. The first-order valence-electron chi connectivity index (χ1n) is 7.63. The Kier molecular flexibility index (Phi) is 4.71. The van der Waals surface area contributed by atoms with Crippen molar-refractivity contribution in [2.45, 2.75) is 38.3 Å². The van der Waals surface area contributed by atoms with Crippen LogP contribution in [0.25, 0.3) is 0 Å². The van der Waals surface area contributed by atoms with Gasteiger partial charge in [-0.05, 0) is 30.2 Å². The molecule has 1 aliphatic rings. The molecule has 2 heterocycles. The van der Waals surface area contributed by atoms with Gasteiger partial charge >= 0.3 is 5.69 Å². The maximum absolute atomic E-state index is 12.3. The van der Waals surface area contributed by atoms with E-state index in [0.29, 0.717) is 5.92 Å². The molecular formula is C15H18N4O3S. The van der Waals surface area contributed by atoms with Gasteiger partial charge in [0.15, 0.2) is 0 Å². The van der Waals surface area contributed by atoms with Crippen molar-refractivity contribution in [2.75, 3.05) is 0 Å². The summed E-state index contributed by atoms with van der Waals surface area (Å²) in [5.41, 5.74) is -0.108. The first-order valence-corrected chi connectivity index (χ1v) is 8.51. The van der Waals surface area contributed by atoms with Gasteiger partial charge in [0.2, 0.25) is 5.91 Å². The van der Waals surface area contributed by atoms with Crippen LogP contribution < -0.4 is 5.32 Å². The van der Waals surface area contributed by atoms with Gasteiger partial charge in [0.05, 0.1) is 11.0 Å². The van der Waals surface area contributed by atoms with E-state index >= 15 is 0 Å². The normalized spacial score (nSPS) is 16.3. The lowest BCUT2D eigenvalue weighted by atomic mass is 9.96. The van der Waals surface area contributed by atoms with E-state index in [9.17, 15) is 14.9 Å². The van der Waals surface area contributed by atoms with Crippen molar-refractivity contribution >= 4 is 22.9 Å². The van der Waals surface area contributed by atoms with Gasteiger partial charge in [-0.25, -0.2) is 0 Å². The lowest BCUT2D eigenvalue weighted by molar-refractivity contribution is -0.385. The zero-order chi connectivity index (χ0) is 16.2. The Morgan fingerprint density at radius 3 is 2.91 bits per heavy atom. The van der Waals surface area contributed by atoms with Gasteiger partial charge in [0, 0.05) is 4.88 Å². The summed E-state index contributed by atoms with van der Waals surface area (Å²) in [5, 5.41) is 19.6. The minimum Gasteiger partial charge on any atom is -0.347 e. The monoisotopic (exact) mass is 334 g/mol. The van der Waals surface area contributed by atoms with Crippen LogP contribution in [0.2, 0.25) is 0 Å². The molecule has 2 aromatic heterocycles. The summed E-state index contributed by atoms with van der Waals surface area (Å²) in [6, 6.07) is 4.06. The van der Waals surface area contributed by atoms with Crippen LogP contribution in [0, 0.1) is 16.0 Å². The highest BCUT2D eigenvalue weighted by molar-refractivity contribution is 7.10.